The molecule has 0 aliphatic rings. The van der Waals surface area contributed by atoms with Gasteiger partial charge < -0.3 is 16.4 Å². The van der Waals surface area contributed by atoms with Crippen molar-refractivity contribution in [1.29, 1.82) is 0 Å². The zero-order valence-corrected chi connectivity index (χ0v) is 9.63. The minimum absolute atomic E-state index is 0.0350. The Morgan fingerprint density at radius 2 is 1.87 bits per heavy atom. The molecular weight excluding hydrogens is 194 g/mol. The van der Waals surface area contributed by atoms with E-state index in [4.69, 9.17) is 5.73 Å². The van der Waals surface area contributed by atoms with E-state index in [0.717, 1.165) is 0 Å². The van der Waals surface area contributed by atoms with Gasteiger partial charge in [0.25, 0.3) is 5.91 Å². The SMILES string of the molecule is C/C=C(/NC(=O)C(N)C(C)C)C(=O)NC. The monoisotopic (exact) mass is 213 g/mol. The van der Waals surface area contributed by atoms with Gasteiger partial charge in [-0.15, -0.1) is 0 Å². The van der Waals surface area contributed by atoms with Crippen LogP contribution in [0.25, 0.3) is 0 Å². The summed E-state index contributed by atoms with van der Waals surface area (Å²) in [6.45, 7) is 5.37. The van der Waals surface area contributed by atoms with Gasteiger partial charge in [-0.2, -0.15) is 0 Å². The molecule has 0 saturated heterocycles. The summed E-state index contributed by atoms with van der Waals surface area (Å²) in [6, 6.07) is -0.607. The van der Waals surface area contributed by atoms with E-state index < -0.39 is 6.04 Å². The first-order valence-corrected chi connectivity index (χ1v) is 4.88. The number of nitrogens with one attached hydrogen (secondary N) is 2. The van der Waals surface area contributed by atoms with Gasteiger partial charge in [0.2, 0.25) is 5.91 Å². The zero-order chi connectivity index (χ0) is 12.0. The average molecular weight is 213 g/mol. The van der Waals surface area contributed by atoms with E-state index >= 15 is 0 Å². The van der Waals surface area contributed by atoms with Crippen molar-refractivity contribution in [3.8, 4) is 0 Å². The van der Waals surface area contributed by atoms with Gasteiger partial charge in [0.05, 0.1) is 6.04 Å². The fourth-order valence-corrected chi connectivity index (χ4v) is 0.914. The molecule has 0 aliphatic heterocycles. The van der Waals surface area contributed by atoms with Gasteiger partial charge in [-0.3, -0.25) is 9.59 Å². The number of amides is 2. The average Bonchev–Trinajstić information content (AvgIpc) is 2.22. The van der Waals surface area contributed by atoms with E-state index in [9.17, 15) is 9.59 Å². The van der Waals surface area contributed by atoms with Gasteiger partial charge in [-0.05, 0) is 12.8 Å². The summed E-state index contributed by atoms with van der Waals surface area (Å²) < 4.78 is 0. The van der Waals surface area contributed by atoms with Crippen LogP contribution in [0.4, 0.5) is 0 Å². The highest BCUT2D eigenvalue weighted by Crippen LogP contribution is 1.99. The normalized spacial score (nSPS) is 13.6. The van der Waals surface area contributed by atoms with Crippen molar-refractivity contribution in [3.05, 3.63) is 11.8 Å². The lowest BCUT2D eigenvalue weighted by atomic mass is 10.0. The van der Waals surface area contributed by atoms with Crippen LogP contribution in [0.15, 0.2) is 11.8 Å². The summed E-state index contributed by atoms with van der Waals surface area (Å²) in [6.07, 6.45) is 1.53. The van der Waals surface area contributed by atoms with Gasteiger partial charge in [0.15, 0.2) is 0 Å². The Hall–Kier alpha value is -1.36. The number of allylic oxidation sites excluding steroid dienone is 1. The molecule has 0 heterocycles. The lowest BCUT2D eigenvalue weighted by Crippen LogP contribution is -2.45. The first-order valence-electron chi connectivity index (χ1n) is 4.88. The second-order valence-corrected chi connectivity index (χ2v) is 3.54. The third-order valence-corrected chi connectivity index (χ3v) is 2.04. The molecule has 0 saturated carbocycles. The molecule has 5 heteroatoms. The van der Waals surface area contributed by atoms with Crippen LogP contribution in [-0.4, -0.2) is 24.9 Å². The number of carbonyl (C=O) groups excluding carboxylic acids is 2. The van der Waals surface area contributed by atoms with Crippen LogP contribution in [0.5, 0.6) is 0 Å². The van der Waals surface area contributed by atoms with Crippen molar-refractivity contribution in [2.75, 3.05) is 7.05 Å². The van der Waals surface area contributed by atoms with Crippen molar-refractivity contribution in [1.82, 2.24) is 10.6 Å². The molecule has 0 fully saturated rings. The summed E-state index contributed by atoms with van der Waals surface area (Å²) in [5.74, 6) is -0.642. The molecule has 0 spiro atoms. The van der Waals surface area contributed by atoms with Crippen LogP contribution in [0, 0.1) is 5.92 Å². The maximum absolute atomic E-state index is 11.5. The molecule has 0 aromatic carbocycles. The zero-order valence-electron chi connectivity index (χ0n) is 9.63. The second-order valence-electron chi connectivity index (χ2n) is 3.54. The smallest absolute Gasteiger partial charge is 0.267 e. The van der Waals surface area contributed by atoms with Crippen molar-refractivity contribution >= 4 is 11.8 Å². The van der Waals surface area contributed by atoms with Crippen molar-refractivity contribution < 1.29 is 9.59 Å². The van der Waals surface area contributed by atoms with Gasteiger partial charge in [0.1, 0.15) is 5.70 Å². The largest absolute Gasteiger partial charge is 0.354 e. The minimum atomic E-state index is -0.607. The number of hydrogen-bond acceptors (Lipinski definition) is 3. The minimum Gasteiger partial charge on any atom is -0.354 e. The fourth-order valence-electron chi connectivity index (χ4n) is 0.914. The summed E-state index contributed by atoms with van der Waals surface area (Å²) in [5.41, 5.74) is 5.85. The topological polar surface area (TPSA) is 84.2 Å². The predicted molar refractivity (Wildman–Crippen MR) is 58.8 cm³/mol. The molecule has 1 unspecified atom stereocenters. The van der Waals surface area contributed by atoms with Crippen molar-refractivity contribution in [2.45, 2.75) is 26.8 Å². The lowest BCUT2D eigenvalue weighted by molar-refractivity contribution is -0.125. The molecule has 0 bridgehead atoms. The number of nitrogens with two attached hydrogens (primary N) is 1. The lowest BCUT2D eigenvalue weighted by Gasteiger charge is -2.16. The maximum Gasteiger partial charge on any atom is 0.267 e. The fraction of sp³-hybridized carbons (Fsp3) is 0.600. The van der Waals surface area contributed by atoms with E-state index in [1.807, 2.05) is 13.8 Å². The number of rotatable bonds is 4. The van der Waals surface area contributed by atoms with E-state index in [1.54, 1.807) is 6.92 Å². The molecule has 0 aliphatic carbocycles. The van der Waals surface area contributed by atoms with Crippen molar-refractivity contribution in [3.63, 3.8) is 0 Å². The molecular formula is C10H19N3O2. The van der Waals surface area contributed by atoms with Crippen molar-refractivity contribution in [2.24, 2.45) is 11.7 Å². The number of carbonyl (C=O) groups is 2. The molecule has 2 amide bonds. The highest BCUT2D eigenvalue weighted by atomic mass is 16.2. The van der Waals surface area contributed by atoms with Crippen LogP contribution in [0.3, 0.4) is 0 Å². The molecule has 0 aromatic rings. The van der Waals surface area contributed by atoms with Crippen LogP contribution in [0.1, 0.15) is 20.8 Å². The highest BCUT2D eigenvalue weighted by molar-refractivity contribution is 5.98. The Morgan fingerprint density at radius 1 is 1.33 bits per heavy atom. The Morgan fingerprint density at radius 3 is 2.20 bits per heavy atom. The molecule has 86 valence electrons. The number of hydrogen-bond donors (Lipinski definition) is 3. The number of likely N-dealkylation sites (N-methyl/N-ethyl adjacent to an activating group) is 1. The molecule has 0 aromatic heterocycles. The highest BCUT2D eigenvalue weighted by Gasteiger charge is 2.19. The molecule has 0 rings (SSSR count). The predicted octanol–water partition coefficient (Wildman–Crippen LogP) is -0.264. The standard InChI is InChI=1S/C10H19N3O2/c1-5-7(9(14)12-4)13-10(15)8(11)6(2)3/h5-6,8H,11H2,1-4H3,(H,12,14)(H,13,15)/b7-5+. The van der Waals surface area contributed by atoms with E-state index in [2.05, 4.69) is 10.6 Å². The Labute approximate surface area is 90.1 Å². The van der Waals surface area contributed by atoms with Crippen LogP contribution >= 0.6 is 0 Å². The quantitative estimate of drug-likeness (QED) is 0.562. The van der Waals surface area contributed by atoms with Gasteiger partial charge in [-0.1, -0.05) is 19.9 Å². The Bertz CT molecular complexity index is 272. The molecule has 15 heavy (non-hydrogen) atoms. The van der Waals surface area contributed by atoms with Gasteiger partial charge in [0, 0.05) is 7.05 Å². The van der Waals surface area contributed by atoms with Gasteiger partial charge in [-0.25, -0.2) is 0 Å². The van der Waals surface area contributed by atoms with Crippen LogP contribution in [-0.2, 0) is 9.59 Å². The van der Waals surface area contributed by atoms with Crippen LogP contribution in [0.2, 0.25) is 0 Å². The second kappa shape index (κ2) is 6.19. The first kappa shape index (κ1) is 13.6. The summed E-state index contributed by atoms with van der Waals surface area (Å²) in [4.78, 5) is 22.8. The maximum atomic E-state index is 11.5. The summed E-state index contributed by atoms with van der Waals surface area (Å²) in [5, 5.41) is 4.91. The first-order chi connectivity index (χ1) is 6.93. The molecule has 0 radical (unpaired) electrons. The molecule has 1 atom stereocenters. The van der Waals surface area contributed by atoms with E-state index in [1.165, 1.54) is 13.1 Å². The molecule has 4 N–H and O–H groups in total. The third kappa shape index (κ3) is 4.12. The summed E-state index contributed by atoms with van der Waals surface area (Å²) >= 11 is 0. The third-order valence-electron chi connectivity index (χ3n) is 2.04. The van der Waals surface area contributed by atoms with Crippen LogP contribution < -0.4 is 16.4 Å². The van der Waals surface area contributed by atoms with E-state index in [-0.39, 0.29) is 23.4 Å². The Balaban J connectivity index is 4.46. The van der Waals surface area contributed by atoms with E-state index in [0.29, 0.717) is 0 Å². The van der Waals surface area contributed by atoms with Gasteiger partial charge >= 0.3 is 0 Å². The molecule has 5 nitrogen and oxygen atoms in total. The summed E-state index contributed by atoms with van der Waals surface area (Å²) in [7, 11) is 1.50. The Kier molecular flexibility index (Phi) is 5.62.